The van der Waals surface area contributed by atoms with Crippen LogP contribution in [0.5, 0.6) is 0 Å². The van der Waals surface area contributed by atoms with Crippen molar-refractivity contribution in [3.63, 3.8) is 0 Å². The Bertz CT molecular complexity index is 662. The molecule has 0 spiro atoms. The maximum absolute atomic E-state index is 10.9. The highest BCUT2D eigenvalue weighted by Crippen LogP contribution is 2.28. The minimum Gasteiger partial charge on any atom is -0.409 e. The fraction of sp³-hybridized carbons (Fsp3) is 0. The molecule has 9 heteroatoms. The Morgan fingerprint density at radius 2 is 2.05 bits per heavy atom. The number of nitrogens with two attached hydrogens (primary N) is 1. The smallest absolute Gasteiger partial charge is 0.298 e. The molecule has 8 nitrogen and oxygen atoms in total. The van der Waals surface area contributed by atoms with Gasteiger partial charge in [-0.1, -0.05) is 16.9 Å². The molecule has 0 aliphatic rings. The number of aromatic nitrogens is 2. The summed E-state index contributed by atoms with van der Waals surface area (Å²) >= 11 is 1.28. The molecule has 3 N–H and O–H groups in total. The summed E-state index contributed by atoms with van der Waals surface area (Å²) in [6.07, 6.45) is 3.25. The van der Waals surface area contributed by atoms with Crippen LogP contribution >= 0.6 is 11.8 Å². The second kappa shape index (κ2) is 5.97. The van der Waals surface area contributed by atoms with Gasteiger partial charge in [0.05, 0.1) is 4.92 Å². The van der Waals surface area contributed by atoms with E-state index in [9.17, 15) is 10.1 Å². The van der Waals surface area contributed by atoms with Crippen LogP contribution in [0.4, 0.5) is 5.69 Å². The molecule has 0 bridgehead atoms. The van der Waals surface area contributed by atoms with Gasteiger partial charge in [0.1, 0.15) is 5.03 Å². The third-order valence-corrected chi connectivity index (χ3v) is 3.21. The van der Waals surface area contributed by atoms with Crippen LogP contribution < -0.4 is 5.73 Å². The largest absolute Gasteiger partial charge is 0.409 e. The molecule has 2 aromatic heterocycles. The Hall–Kier alpha value is -2.68. The van der Waals surface area contributed by atoms with E-state index in [-0.39, 0.29) is 11.4 Å². The van der Waals surface area contributed by atoms with Crippen LogP contribution in [-0.4, -0.2) is 25.9 Å². The Balaban J connectivity index is 2.40. The fourth-order valence-corrected chi connectivity index (χ4v) is 2.17. The summed E-state index contributed by atoms with van der Waals surface area (Å²) in [4.78, 5) is 19.0. The van der Waals surface area contributed by atoms with Crippen molar-refractivity contribution in [1.82, 2.24) is 9.97 Å². The normalized spacial score (nSPS) is 11.3. The average molecular weight is 291 g/mol. The molecule has 0 fully saturated rings. The second-order valence-corrected chi connectivity index (χ2v) is 4.64. The van der Waals surface area contributed by atoms with Crippen LogP contribution in [0.2, 0.25) is 0 Å². The first-order valence-electron chi connectivity index (χ1n) is 5.33. The lowest BCUT2D eigenvalue weighted by Gasteiger charge is -2.04. The quantitative estimate of drug-likeness (QED) is 0.288. The lowest BCUT2D eigenvalue weighted by Crippen LogP contribution is -2.17. The van der Waals surface area contributed by atoms with Crippen molar-refractivity contribution >= 4 is 23.3 Å². The summed E-state index contributed by atoms with van der Waals surface area (Å²) in [7, 11) is 0. The standard InChI is InChI=1S/C11H9N5O3S/c12-11(15-17)10-8(16(18)19)1-2-9(14-10)20-7-3-5-13-6-4-7/h1-6,17H,(H2,12,15). The van der Waals surface area contributed by atoms with Crippen molar-refractivity contribution in [3.05, 3.63) is 52.5 Å². The predicted octanol–water partition coefficient (Wildman–Crippen LogP) is 1.63. The van der Waals surface area contributed by atoms with Crippen molar-refractivity contribution in [3.8, 4) is 0 Å². The van der Waals surface area contributed by atoms with Gasteiger partial charge in [-0.3, -0.25) is 15.1 Å². The van der Waals surface area contributed by atoms with Gasteiger partial charge >= 0.3 is 0 Å². The lowest BCUT2D eigenvalue weighted by molar-refractivity contribution is -0.385. The monoisotopic (exact) mass is 291 g/mol. The number of hydrogen-bond acceptors (Lipinski definition) is 7. The van der Waals surface area contributed by atoms with E-state index in [1.165, 1.54) is 23.9 Å². The number of oxime groups is 1. The van der Waals surface area contributed by atoms with Gasteiger partial charge in [0, 0.05) is 23.4 Å². The summed E-state index contributed by atoms with van der Waals surface area (Å²) in [5, 5.41) is 22.8. The highest BCUT2D eigenvalue weighted by atomic mass is 32.2. The molecule has 2 heterocycles. The molecule has 2 rings (SSSR count). The number of pyridine rings is 2. The molecule has 102 valence electrons. The molecule has 0 saturated heterocycles. The molecule has 0 radical (unpaired) electrons. The molecule has 0 aliphatic carbocycles. The zero-order chi connectivity index (χ0) is 14.5. The maximum atomic E-state index is 10.9. The molecule has 0 aliphatic heterocycles. The minimum absolute atomic E-state index is 0.170. The van der Waals surface area contributed by atoms with E-state index in [0.717, 1.165) is 4.90 Å². The summed E-state index contributed by atoms with van der Waals surface area (Å²) in [5.41, 5.74) is 4.92. The van der Waals surface area contributed by atoms with Crippen molar-refractivity contribution in [2.24, 2.45) is 10.9 Å². The van der Waals surface area contributed by atoms with Gasteiger partial charge in [0.15, 0.2) is 11.5 Å². The van der Waals surface area contributed by atoms with Gasteiger partial charge in [-0.15, -0.1) is 0 Å². The third kappa shape index (κ3) is 3.01. The molecule has 0 saturated carbocycles. The van der Waals surface area contributed by atoms with Crippen molar-refractivity contribution in [2.75, 3.05) is 0 Å². The van der Waals surface area contributed by atoms with Gasteiger partial charge in [0.2, 0.25) is 0 Å². The first kappa shape index (κ1) is 13.7. The Labute approximate surface area is 117 Å². The van der Waals surface area contributed by atoms with Gasteiger partial charge < -0.3 is 10.9 Å². The molecule has 0 amide bonds. The van der Waals surface area contributed by atoms with Crippen molar-refractivity contribution in [2.45, 2.75) is 9.92 Å². The minimum atomic E-state index is -0.638. The topological polar surface area (TPSA) is 128 Å². The molecular formula is C11H9N5O3S. The van der Waals surface area contributed by atoms with E-state index in [1.54, 1.807) is 24.5 Å². The van der Waals surface area contributed by atoms with E-state index in [1.807, 2.05) is 0 Å². The molecule has 0 unspecified atom stereocenters. The SMILES string of the molecule is N/C(=N/O)c1nc(Sc2ccncc2)ccc1[N+](=O)[O-]. The lowest BCUT2D eigenvalue weighted by atomic mass is 10.3. The Morgan fingerprint density at radius 3 is 2.65 bits per heavy atom. The van der Waals surface area contributed by atoms with E-state index in [2.05, 4.69) is 15.1 Å². The fourth-order valence-electron chi connectivity index (χ4n) is 1.40. The van der Waals surface area contributed by atoms with E-state index >= 15 is 0 Å². The molecular weight excluding hydrogens is 282 g/mol. The van der Waals surface area contributed by atoms with Crippen LogP contribution in [0.3, 0.4) is 0 Å². The third-order valence-electron chi connectivity index (χ3n) is 2.27. The van der Waals surface area contributed by atoms with Crippen LogP contribution in [0, 0.1) is 10.1 Å². The van der Waals surface area contributed by atoms with Crippen molar-refractivity contribution < 1.29 is 10.1 Å². The number of rotatable bonds is 4. The second-order valence-electron chi connectivity index (χ2n) is 3.54. The van der Waals surface area contributed by atoms with Gasteiger partial charge in [0.25, 0.3) is 5.69 Å². The molecule has 2 aromatic rings. The van der Waals surface area contributed by atoms with Crippen LogP contribution in [0.25, 0.3) is 0 Å². The summed E-state index contributed by atoms with van der Waals surface area (Å²) in [6.45, 7) is 0. The first-order chi connectivity index (χ1) is 9.61. The van der Waals surface area contributed by atoms with E-state index in [4.69, 9.17) is 10.9 Å². The van der Waals surface area contributed by atoms with E-state index in [0.29, 0.717) is 5.03 Å². The number of nitro groups is 1. The van der Waals surface area contributed by atoms with Gasteiger partial charge in [-0.05, 0) is 18.2 Å². The van der Waals surface area contributed by atoms with Crippen LogP contribution in [-0.2, 0) is 0 Å². The van der Waals surface area contributed by atoms with E-state index < -0.39 is 10.8 Å². The molecule has 20 heavy (non-hydrogen) atoms. The van der Waals surface area contributed by atoms with Crippen LogP contribution in [0.1, 0.15) is 5.69 Å². The zero-order valence-electron chi connectivity index (χ0n) is 10.0. The van der Waals surface area contributed by atoms with Crippen molar-refractivity contribution in [1.29, 1.82) is 0 Å². The summed E-state index contributed by atoms with van der Waals surface area (Å²) < 4.78 is 0. The number of hydrogen-bond donors (Lipinski definition) is 2. The van der Waals surface area contributed by atoms with Gasteiger partial charge in [-0.25, -0.2) is 4.98 Å². The maximum Gasteiger partial charge on any atom is 0.298 e. The van der Waals surface area contributed by atoms with Crippen LogP contribution in [0.15, 0.2) is 51.7 Å². The number of amidine groups is 1. The highest BCUT2D eigenvalue weighted by molar-refractivity contribution is 7.99. The first-order valence-corrected chi connectivity index (χ1v) is 6.14. The summed E-state index contributed by atoms with van der Waals surface area (Å²) in [6, 6.07) is 6.31. The Kier molecular flexibility index (Phi) is 4.11. The number of nitrogens with zero attached hydrogens (tertiary/aromatic N) is 4. The summed E-state index contributed by atoms with van der Waals surface area (Å²) in [5.74, 6) is -0.408. The highest BCUT2D eigenvalue weighted by Gasteiger charge is 2.19. The zero-order valence-corrected chi connectivity index (χ0v) is 10.8. The molecule has 0 aromatic carbocycles. The molecule has 0 atom stereocenters. The Morgan fingerprint density at radius 1 is 1.35 bits per heavy atom. The predicted molar refractivity (Wildman–Crippen MR) is 71.8 cm³/mol. The average Bonchev–Trinajstić information content (AvgIpc) is 2.47. The van der Waals surface area contributed by atoms with Gasteiger partial charge in [-0.2, -0.15) is 0 Å².